The Morgan fingerprint density at radius 2 is 2.12 bits per heavy atom. The molecule has 0 spiro atoms. The Bertz CT molecular complexity index is 405. The molecular formula is C14H16BrNO. The van der Waals surface area contributed by atoms with Crippen LogP contribution in [-0.4, -0.2) is 11.9 Å². The van der Waals surface area contributed by atoms with Gasteiger partial charge in [-0.15, -0.1) is 6.42 Å². The van der Waals surface area contributed by atoms with Crippen molar-refractivity contribution in [2.45, 2.75) is 31.1 Å². The van der Waals surface area contributed by atoms with Crippen molar-refractivity contribution < 1.29 is 4.79 Å². The number of amides is 1. The second kappa shape index (κ2) is 7.13. The van der Waals surface area contributed by atoms with Crippen LogP contribution in [0.3, 0.4) is 0 Å². The van der Waals surface area contributed by atoms with Crippen LogP contribution in [0.25, 0.3) is 0 Å². The fraction of sp³-hybridized carbons (Fsp3) is 0.357. The molecule has 3 heteroatoms. The third-order valence-corrected chi connectivity index (χ3v) is 3.10. The summed E-state index contributed by atoms with van der Waals surface area (Å²) >= 11 is 3.36. The van der Waals surface area contributed by atoms with Crippen LogP contribution >= 0.6 is 15.9 Å². The minimum Gasteiger partial charge on any atom is -0.338 e. The van der Waals surface area contributed by atoms with Crippen molar-refractivity contribution in [3.8, 4) is 12.3 Å². The van der Waals surface area contributed by atoms with Crippen LogP contribution in [0.1, 0.15) is 35.7 Å². The van der Waals surface area contributed by atoms with Gasteiger partial charge in [-0.05, 0) is 24.1 Å². The lowest BCUT2D eigenvalue weighted by Gasteiger charge is -2.12. The molecule has 1 rings (SSSR count). The van der Waals surface area contributed by atoms with Crippen LogP contribution in [-0.2, 0) is 5.33 Å². The average Bonchev–Trinajstić information content (AvgIpc) is 2.38. The first kappa shape index (κ1) is 13.8. The zero-order valence-corrected chi connectivity index (χ0v) is 11.5. The van der Waals surface area contributed by atoms with E-state index in [-0.39, 0.29) is 11.9 Å². The molecule has 1 aromatic rings. The van der Waals surface area contributed by atoms with Crippen LogP contribution in [0.15, 0.2) is 24.3 Å². The minimum absolute atomic E-state index is 0.109. The zero-order valence-electron chi connectivity index (χ0n) is 9.87. The van der Waals surface area contributed by atoms with Gasteiger partial charge in [-0.1, -0.05) is 47.3 Å². The van der Waals surface area contributed by atoms with Crippen molar-refractivity contribution in [3.63, 3.8) is 0 Å². The van der Waals surface area contributed by atoms with Crippen molar-refractivity contribution in [3.05, 3.63) is 35.4 Å². The van der Waals surface area contributed by atoms with Crippen LogP contribution < -0.4 is 5.32 Å². The molecule has 0 saturated heterocycles. The maximum absolute atomic E-state index is 11.9. The molecule has 0 aliphatic rings. The summed E-state index contributed by atoms with van der Waals surface area (Å²) in [6.45, 7) is 2.04. The highest BCUT2D eigenvalue weighted by atomic mass is 79.9. The molecule has 0 radical (unpaired) electrons. The van der Waals surface area contributed by atoms with Crippen LogP contribution in [0, 0.1) is 12.3 Å². The number of rotatable bonds is 5. The summed E-state index contributed by atoms with van der Waals surface area (Å²) in [6, 6.07) is 7.29. The molecule has 1 N–H and O–H groups in total. The Balaban J connectivity index is 2.66. The normalized spacial score (nSPS) is 11.6. The number of hydrogen-bond donors (Lipinski definition) is 1. The summed E-state index contributed by atoms with van der Waals surface area (Å²) in [4.78, 5) is 11.9. The molecule has 1 unspecified atom stereocenters. The fourth-order valence-electron chi connectivity index (χ4n) is 1.47. The van der Waals surface area contributed by atoms with Crippen LogP contribution in [0.2, 0.25) is 0 Å². The van der Waals surface area contributed by atoms with Gasteiger partial charge in [-0.2, -0.15) is 0 Å². The van der Waals surface area contributed by atoms with Gasteiger partial charge in [0.05, 0.1) is 6.04 Å². The first-order valence-corrected chi connectivity index (χ1v) is 6.75. The van der Waals surface area contributed by atoms with Gasteiger partial charge in [-0.25, -0.2) is 0 Å². The molecule has 1 atom stereocenters. The maximum atomic E-state index is 11.9. The van der Waals surface area contributed by atoms with Gasteiger partial charge in [0.1, 0.15) is 0 Å². The Labute approximate surface area is 111 Å². The van der Waals surface area contributed by atoms with Crippen molar-refractivity contribution in [2.24, 2.45) is 0 Å². The number of terminal acetylenes is 1. The van der Waals surface area contributed by atoms with Crippen molar-refractivity contribution in [2.75, 3.05) is 0 Å². The van der Waals surface area contributed by atoms with Gasteiger partial charge < -0.3 is 5.32 Å². The quantitative estimate of drug-likeness (QED) is 0.656. The number of hydrogen-bond acceptors (Lipinski definition) is 1. The minimum atomic E-state index is -0.177. The largest absolute Gasteiger partial charge is 0.338 e. The molecule has 0 aromatic heterocycles. The number of carbonyl (C=O) groups is 1. The molecule has 0 aliphatic heterocycles. The van der Waals surface area contributed by atoms with Gasteiger partial charge in [0, 0.05) is 10.9 Å². The van der Waals surface area contributed by atoms with Gasteiger partial charge in [-0.3, -0.25) is 4.79 Å². The number of nitrogens with one attached hydrogen (secondary N) is 1. The van der Waals surface area contributed by atoms with E-state index in [4.69, 9.17) is 6.42 Å². The molecule has 0 bridgehead atoms. The second-order valence-electron chi connectivity index (χ2n) is 3.81. The molecule has 1 aromatic carbocycles. The predicted molar refractivity (Wildman–Crippen MR) is 74.1 cm³/mol. The highest BCUT2D eigenvalue weighted by molar-refractivity contribution is 9.08. The van der Waals surface area contributed by atoms with Gasteiger partial charge in [0.15, 0.2) is 0 Å². The lowest BCUT2D eigenvalue weighted by atomic mass is 10.1. The molecule has 17 heavy (non-hydrogen) atoms. The molecule has 0 heterocycles. The highest BCUT2D eigenvalue weighted by Crippen LogP contribution is 2.08. The van der Waals surface area contributed by atoms with E-state index in [0.717, 1.165) is 23.7 Å². The van der Waals surface area contributed by atoms with E-state index >= 15 is 0 Å². The maximum Gasteiger partial charge on any atom is 0.252 e. The summed E-state index contributed by atoms with van der Waals surface area (Å²) in [5.74, 6) is 2.48. The summed E-state index contributed by atoms with van der Waals surface area (Å²) in [7, 11) is 0. The van der Waals surface area contributed by atoms with E-state index in [1.165, 1.54) is 0 Å². The second-order valence-corrected chi connectivity index (χ2v) is 4.37. The smallest absolute Gasteiger partial charge is 0.252 e. The summed E-state index contributed by atoms with van der Waals surface area (Å²) in [5.41, 5.74) is 1.79. The molecule has 0 saturated carbocycles. The number of halogens is 1. The molecule has 2 nitrogen and oxygen atoms in total. The predicted octanol–water partition coefficient (Wildman–Crippen LogP) is 3.11. The van der Waals surface area contributed by atoms with Gasteiger partial charge in [0.25, 0.3) is 5.91 Å². The SMILES string of the molecule is C#CC(CCC)NC(=O)c1ccc(CBr)cc1. The lowest BCUT2D eigenvalue weighted by Crippen LogP contribution is -2.33. The first-order valence-electron chi connectivity index (χ1n) is 5.63. The number of alkyl halides is 1. The molecule has 0 aliphatic carbocycles. The van der Waals surface area contributed by atoms with Crippen molar-refractivity contribution in [1.82, 2.24) is 5.32 Å². The Hall–Kier alpha value is -1.27. The van der Waals surface area contributed by atoms with E-state index in [1.54, 1.807) is 0 Å². The summed E-state index contributed by atoms with van der Waals surface area (Å²) in [5, 5.41) is 3.62. The van der Waals surface area contributed by atoms with Crippen LogP contribution in [0.5, 0.6) is 0 Å². The average molecular weight is 294 g/mol. The Morgan fingerprint density at radius 3 is 2.59 bits per heavy atom. The summed E-state index contributed by atoms with van der Waals surface area (Å²) < 4.78 is 0. The standard InChI is InChI=1S/C14H16BrNO/c1-3-5-13(4-2)16-14(17)12-8-6-11(10-15)7-9-12/h2,6-9,13H,3,5,10H2,1H3,(H,16,17). The van der Waals surface area contributed by atoms with Gasteiger partial charge in [0.2, 0.25) is 0 Å². The monoisotopic (exact) mass is 293 g/mol. The van der Waals surface area contributed by atoms with Crippen molar-refractivity contribution in [1.29, 1.82) is 0 Å². The fourth-order valence-corrected chi connectivity index (χ4v) is 1.85. The van der Waals surface area contributed by atoms with E-state index in [1.807, 2.05) is 31.2 Å². The van der Waals surface area contributed by atoms with E-state index < -0.39 is 0 Å². The highest BCUT2D eigenvalue weighted by Gasteiger charge is 2.10. The van der Waals surface area contributed by atoms with E-state index in [2.05, 4.69) is 27.2 Å². The Morgan fingerprint density at radius 1 is 1.47 bits per heavy atom. The zero-order chi connectivity index (χ0) is 12.7. The number of carbonyl (C=O) groups excluding carboxylic acids is 1. The van der Waals surface area contributed by atoms with Crippen molar-refractivity contribution >= 4 is 21.8 Å². The summed E-state index contributed by atoms with van der Waals surface area (Å²) in [6.07, 6.45) is 7.12. The first-order chi connectivity index (χ1) is 8.21. The van der Waals surface area contributed by atoms with Crippen LogP contribution in [0.4, 0.5) is 0 Å². The number of benzene rings is 1. The van der Waals surface area contributed by atoms with E-state index in [0.29, 0.717) is 5.56 Å². The van der Waals surface area contributed by atoms with Gasteiger partial charge >= 0.3 is 0 Å². The third kappa shape index (κ3) is 4.24. The molecule has 1 amide bonds. The topological polar surface area (TPSA) is 29.1 Å². The molecular weight excluding hydrogens is 278 g/mol. The Kier molecular flexibility index (Phi) is 5.79. The molecule has 0 fully saturated rings. The third-order valence-electron chi connectivity index (χ3n) is 2.45. The molecule has 90 valence electrons. The lowest BCUT2D eigenvalue weighted by molar-refractivity contribution is 0.0944. The van der Waals surface area contributed by atoms with E-state index in [9.17, 15) is 4.79 Å².